The standard InChI is InChI=1S/C11H13N5OS/c12-11-13-9(14-15-11)10(17)16-5-1-3-7(16)8-4-2-6-18-8/h2,4,6-7H,1,3,5H2,(H3,12,13,14,15). The van der Waals surface area contributed by atoms with E-state index in [1.54, 1.807) is 11.3 Å². The Hall–Kier alpha value is -1.89. The summed E-state index contributed by atoms with van der Waals surface area (Å²) in [5.41, 5.74) is 5.42. The molecule has 94 valence electrons. The number of aromatic nitrogens is 3. The third-order valence-electron chi connectivity index (χ3n) is 3.09. The highest BCUT2D eigenvalue weighted by molar-refractivity contribution is 7.10. The van der Waals surface area contributed by atoms with Crippen LogP contribution in [0.3, 0.4) is 0 Å². The van der Waals surface area contributed by atoms with Crippen LogP contribution in [0.2, 0.25) is 0 Å². The molecular formula is C11H13N5OS. The largest absolute Gasteiger partial charge is 0.366 e. The van der Waals surface area contributed by atoms with Crippen molar-refractivity contribution in [1.29, 1.82) is 0 Å². The first-order valence-corrected chi connectivity index (χ1v) is 6.66. The predicted molar refractivity (Wildman–Crippen MR) is 68.1 cm³/mol. The summed E-state index contributed by atoms with van der Waals surface area (Å²) >= 11 is 1.68. The van der Waals surface area contributed by atoms with E-state index in [1.807, 2.05) is 16.3 Å². The molecule has 1 unspecified atom stereocenters. The molecule has 0 spiro atoms. The number of carbonyl (C=O) groups is 1. The number of likely N-dealkylation sites (tertiary alicyclic amines) is 1. The van der Waals surface area contributed by atoms with Crippen LogP contribution in [-0.4, -0.2) is 32.5 Å². The second-order valence-corrected chi connectivity index (χ2v) is 5.19. The number of thiophene rings is 1. The van der Waals surface area contributed by atoms with E-state index in [2.05, 4.69) is 21.2 Å². The highest BCUT2D eigenvalue weighted by atomic mass is 32.1. The van der Waals surface area contributed by atoms with Gasteiger partial charge in [0.05, 0.1) is 6.04 Å². The first-order chi connectivity index (χ1) is 8.75. The number of nitrogens with one attached hydrogen (secondary N) is 1. The zero-order chi connectivity index (χ0) is 12.5. The number of amides is 1. The molecule has 1 aliphatic rings. The van der Waals surface area contributed by atoms with E-state index >= 15 is 0 Å². The van der Waals surface area contributed by atoms with Crippen LogP contribution >= 0.6 is 11.3 Å². The lowest BCUT2D eigenvalue weighted by Gasteiger charge is -2.22. The van der Waals surface area contributed by atoms with Gasteiger partial charge in [-0.25, -0.2) is 0 Å². The molecule has 0 bridgehead atoms. The molecule has 2 aromatic rings. The fourth-order valence-electron chi connectivity index (χ4n) is 2.29. The number of aromatic amines is 1. The first kappa shape index (κ1) is 11.2. The molecule has 0 saturated carbocycles. The van der Waals surface area contributed by atoms with Gasteiger partial charge in [0.25, 0.3) is 5.91 Å². The van der Waals surface area contributed by atoms with Crippen molar-refractivity contribution in [2.24, 2.45) is 0 Å². The average molecular weight is 263 g/mol. The minimum Gasteiger partial charge on any atom is -0.366 e. The summed E-state index contributed by atoms with van der Waals surface area (Å²) in [5.74, 6) is 0.191. The van der Waals surface area contributed by atoms with Crippen molar-refractivity contribution >= 4 is 23.2 Å². The molecule has 0 radical (unpaired) electrons. The van der Waals surface area contributed by atoms with E-state index in [1.165, 1.54) is 4.88 Å². The van der Waals surface area contributed by atoms with Crippen LogP contribution in [0.25, 0.3) is 0 Å². The molecular weight excluding hydrogens is 250 g/mol. The smallest absolute Gasteiger partial charge is 0.291 e. The fraction of sp³-hybridized carbons (Fsp3) is 0.364. The second kappa shape index (κ2) is 4.41. The number of nitrogens with two attached hydrogens (primary N) is 1. The Morgan fingerprint density at radius 1 is 1.61 bits per heavy atom. The molecule has 0 aliphatic carbocycles. The minimum absolute atomic E-state index is 0.102. The zero-order valence-corrected chi connectivity index (χ0v) is 10.5. The SMILES string of the molecule is Nc1n[nH]c(C(=O)N2CCCC2c2cccs2)n1. The number of rotatable bonds is 2. The summed E-state index contributed by atoms with van der Waals surface area (Å²) in [7, 11) is 0. The normalized spacial score (nSPS) is 19.3. The highest BCUT2D eigenvalue weighted by Crippen LogP contribution is 2.35. The summed E-state index contributed by atoms with van der Waals surface area (Å²) in [4.78, 5) is 19.3. The molecule has 18 heavy (non-hydrogen) atoms. The first-order valence-electron chi connectivity index (χ1n) is 5.78. The van der Waals surface area contributed by atoms with Crippen LogP contribution in [0.15, 0.2) is 17.5 Å². The van der Waals surface area contributed by atoms with E-state index in [4.69, 9.17) is 5.73 Å². The summed E-state index contributed by atoms with van der Waals surface area (Å²) in [6.45, 7) is 0.752. The lowest BCUT2D eigenvalue weighted by molar-refractivity contribution is 0.0726. The van der Waals surface area contributed by atoms with Gasteiger partial charge in [-0.2, -0.15) is 4.98 Å². The van der Waals surface area contributed by atoms with Crippen LogP contribution in [-0.2, 0) is 0 Å². The Kier molecular flexibility index (Phi) is 2.75. The van der Waals surface area contributed by atoms with E-state index < -0.39 is 0 Å². The van der Waals surface area contributed by atoms with Crippen LogP contribution < -0.4 is 5.73 Å². The molecule has 1 atom stereocenters. The predicted octanol–water partition coefficient (Wildman–Crippen LogP) is 1.43. The highest BCUT2D eigenvalue weighted by Gasteiger charge is 2.32. The van der Waals surface area contributed by atoms with Gasteiger partial charge in [0.2, 0.25) is 11.8 Å². The van der Waals surface area contributed by atoms with E-state index in [9.17, 15) is 4.79 Å². The lowest BCUT2D eigenvalue weighted by atomic mass is 10.2. The van der Waals surface area contributed by atoms with Gasteiger partial charge in [0.1, 0.15) is 0 Å². The molecule has 3 N–H and O–H groups in total. The van der Waals surface area contributed by atoms with Crippen molar-refractivity contribution in [3.8, 4) is 0 Å². The van der Waals surface area contributed by atoms with Gasteiger partial charge in [-0.15, -0.1) is 16.4 Å². The summed E-state index contributed by atoms with van der Waals surface area (Å²) in [6.07, 6.45) is 2.01. The van der Waals surface area contributed by atoms with Crippen molar-refractivity contribution in [1.82, 2.24) is 20.1 Å². The number of carbonyl (C=O) groups excluding carboxylic acids is 1. The Morgan fingerprint density at radius 2 is 2.50 bits per heavy atom. The van der Waals surface area contributed by atoms with Crippen LogP contribution in [0.1, 0.15) is 34.4 Å². The average Bonchev–Trinajstić information content (AvgIpc) is 3.08. The molecule has 3 heterocycles. The Labute approximate surface area is 108 Å². The van der Waals surface area contributed by atoms with Gasteiger partial charge in [-0.3, -0.25) is 9.89 Å². The maximum absolute atomic E-state index is 12.3. The molecule has 1 fully saturated rings. The van der Waals surface area contributed by atoms with Crippen molar-refractivity contribution in [2.45, 2.75) is 18.9 Å². The van der Waals surface area contributed by atoms with Gasteiger partial charge in [0.15, 0.2) is 0 Å². The van der Waals surface area contributed by atoms with Crippen molar-refractivity contribution in [3.63, 3.8) is 0 Å². The maximum atomic E-state index is 12.3. The molecule has 0 aromatic carbocycles. The fourth-order valence-corrected chi connectivity index (χ4v) is 3.17. The minimum atomic E-state index is -0.130. The van der Waals surface area contributed by atoms with Gasteiger partial charge >= 0.3 is 0 Å². The van der Waals surface area contributed by atoms with Gasteiger partial charge in [-0.05, 0) is 24.3 Å². The van der Waals surface area contributed by atoms with Gasteiger partial charge in [-0.1, -0.05) is 6.07 Å². The molecule has 3 rings (SSSR count). The summed E-state index contributed by atoms with van der Waals surface area (Å²) in [5, 5.41) is 8.30. The van der Waals surface area contributed by atoms with Crippen molar-refractivity contribution < 1.29 is 4.79 Å². The van der Waals surface area contributed by atoms with Crippen LogP contribution in [0.4, 0.5) is 5.95 Å². The number of anilines is 1. The topological polar surface area (TPSA) is 87.9 Å². The van der Waals surface area contributed by atoms with Crippen LogP contribution in [0.5, 0.6) is 0 Å². The van der Waals surface area contributed by atoms with Crippen molar-refractivity contribution in [3.05, 3.63) is 28.2 Å². The third kappa shape index (κ3) is 1.86. The second-order valence-electron chi connectivity index (χ2n) is 4.21. The van der Waals surface area contributed by atoms with Gasteiger partial charge in [0, 0.05) is 11.4 Å². The summed E-state index contributed by atoms with van der Waals surface area (Å²) in [6, 6.07) is 4.23. The van der Waals surface area contributed by atoms with E-state index in [-0.39, 0.29) is 23.7 Å². The maximum Gasteiger partial charge on any atom is 0.291 e. The molecule has 2 aromatic heterocycles. The summed E-state index contributed by atoms with van der Waals surface area (Å²) < 4.78 is 0. The van der Waals surface area contributed by atoms with E-state index in [0.717, 1.165) is 19.4 Å². The monoisotopic (exact) mass is 263 g/mol. The number of hydrogen-bond acceptors (Lipinski definition) is 5. The van der Waals surface area contributed by atoms with E-state index in [0.29, 0.717) is 0 Å². The van der Waals surface area contributed by atoms with Crippen LogP contribution in [0, 0.1) is 0 Å². The molecule has 1 amide bonds. The number of H-pyrrole nitrogens is 1. The quantitative estimate of drug-likeness (QED) is 0.857. The Bertz CT molecular complexity index is 550. The van der Waals surface area contributed by atoms with Crippen molar-refractivity contribution in [2.75, 3.05) is 12.3 Å². The zero-order valence-electron chi connectivity index (χ0n) is 9.67. The number of nitrogen functional groups attached to an aromatic ring is 1. The number of hydrogen-bond donors (Lipinski definition) is 2. The Morgan fingerprint density at radius 3 is 3.17 bits per heavy atom. The lowest BCUT2D eigenvalue weighted by Crippen LogP contribution is -2.31. The molecule has 1 aliphatic heterocycles. The third-order valence-corrected chi connectivity index (χ3v) is 4.06. The molecule has 6 nitrogen and oxygen atoms in total. The van der Waals surface area contributed by atoms with Gasteiger partial charge < -0.3 is 10.6 Å². The molecule has 7 heteroatoms. The Balaban J connectivity index is 1.85. The molecule has 1 saturated heterocycles. The number of nitrogens with zero attached hydrogens (tertiary/aromatic N) is 3.